The van der Waals surface area contributed by atoms with E-state index in [4.69, 9.17) is 5.73 Å². The molecular formula is C16H17N3O2. The van der Waals surface area contributed by atoms with E-state index in [2.05, 4.69) is 0 Å². The molecule has 1 aromatic heterocycles. The Morgan fingerprint density at radius 3 is 2.71 bits per heavy atom. The third-order valence-corrected chi connectivity index (χ3v) is 3.80. The smallest absolute Gasteiger partial charge is 0.254 e. The lowest BCUT2D eigenvalue weighted by molar-refractivity contribution is 0.0733. The minimum absolute atomic E-state index is 0.0359. The van der Waals surface area contributed by atoms with Crippen LogP contribution in [0, 0.1) is 0 Å². The Bertz CT molecular complexity index is 736. The number of hydrogen-bond donors (Lipinski definition) is 1. The standard InChI is InChI=1S/C16H17N3O2/c17-13-5-6-15(20)19(11-13)10-9-18-8-7-12-3-1-2-4-14(12)16(18)21/h1-6,11H,7-10,17H2. The second kappa shape index (κ2) is 5.44. The molecule has 1 amide bonds. The molecule has 0 saturated carbocycles. The van der Waals surface area contributed by atoms with E-state index in [0.29, 0.717) is 25.3 Å². The lowest BCUT2D eigenvalue weighted by Gasteiger charge is -2.28. The van der Waals surface area contributed by atoms with Crippen molar-refractivity contribution in [3.63, 3.8) is 0 Å². The predicted octanol–water partition coefficient (Wildman–Crippen LogP) is 1.13. The van der Waals surface area contributed by atoms with Crippen LogP contribution in [0.4, 0.5) is 5.69 Å². The van der Waals surface area contributed by atoms with Crippen molar-refractivity contribution in [2.24, 2.45) is 0 Å². The van der Waals surface area contributed by atoms with Gasteiger partial charge in [-0.25, -0.2) is 0 Å². The van der Waals surface area contributed by atoms with Crippen molar-refractivity contribution in [2.75, 3.05) is 18.8 Å². The Kier molecular flexibility index (Phi) is 3.48. The number of nitrogen functional groups attached to an aromatic ring is 1. The van der Waals surface area contributed by atoms with E-state index in [-0.39, 0.29) is 11.5 Å². The van der Waals surface area contributed by atoms with Gasteiger partial charge in [0.2, 0.25) is 0 Å². The van der Waals surface area contributed by atoms with E-state index in [0.717, 1.165) is 17.5 Å². The average Bonchev–Trinajstić information content (AvgIpc) is 2.50. The summed E-state index contributed by atoms with van der Waals surface area (Å²) in [5.41, 5.74) is 7.99. The number of anilines is 1. The van der Waals surface area contributed by atoms with Gasteiger partial charge in [0.25, 0.3) is 11.5 Å². The molecule has 0 saturated heterocycles. The molecule has 0 fully saturated rings. The molecule has 0 unspecified atom stereocenters. The Morgan fingerprint density at radius 2 is 1.86 bits per heavy atom. The zero-order valence-electron chi connectivity index (χ0n) is 11.7. The minimum Gasteiger partial charge on any atom is -0.398 e. The van der Waals surface area contributed by atoms with Gasteiger partial charge in [-0.2, -0.15) is 0 Å². The summed E-state index contributed by atoms with van der Waals surface area (Å²) in [6.45, 7) is 1.65. The Morgan fingerprint density at radius 1 is 1.05 bits per heavy atom. The highest BCUT2D eigenvalue weighted by molar-refractivity contribution is 5.96. The number of fused-ring (bicyclic) bond motifs is 1. The molecule has 2 aromatic rings. The van der Waals surface area contributed by atoms with Gasteiger partial charge >= 0.3 is 0 Å². The SMILES string of the molecule is Nc1ccc(=O)n(CCN2CCc3ccccc3C2=O)c1. The first-order chi connectivity index (χ1) is 10.1. The molecule has 2 N–H and O–H groups in total. The normalized spacial score (nSPS) is 14.1. The molecule has 1 aliphatic rings. The van der Waals surface area contributed by atoms with Gasteiger partial charge in [0.15, 0.2) is 0 Å². The van der Waals surface area contributed by atoms with Crippen LogP contribution in [0.5, 0.6) is 0 Å². The molecule has 2 heterocycles. The minimum atomic E-state index is -0.103. The monoisotopic (exact) mass is 283 g/mol. The van der Waals surface area contributed by atoms with E-state index in [1.165, 1.54) is 6.07 Å². The van der Waals surface area contributed by atoms with Gasteiger partial charge in [-0.05, 0) is 24.1 Å². The fourth-order valence-electron chi connectivity index (χ4n) is 2.64. The second-order valence-electron chi connectivity index (χ2n) is 5.19. The molecule has 0 radical (unpaired) electrons. The third-order valence-electron chi connectivity index (χ3n) is 3.80. The van der Waals surface area contributed by atoms with Crippen molar-refractivity contribution < 1.29 is 4.79 Å². The van der Waals surface area contributed by atoms with Gasteiger partial charge in [-0.1, -0.05) is 18.2 Å². The average molecular weight is 283 g/mol. The highest BCUT2D eigenvalue weighted by Gasteiger charge is 2.23. The third kappa shape index (κ3) is 2.67. The predicted molar refractivity (Wildman–Crippen MR) is 81.2 cm³/mol. The molecule has 5 nitrogen and oxygen atoms in total. The summed E-state index contributed by atoms with van der Waals surface area (Å²) in [5.74, 6) is 0.0359. The Balaban J connectivity index is 1.74. The summed E-state index contributed by atoms with van der Waals surface area (Å²) in [7, 11) is 0. The van der Waals surface area contributed by atoms with E-state index in [1.54, 1.807) is 21.7 Å². The molecule has 21 heavy (non-hydrogen) atoms. The summed E-state index contributed by atoms with van der Waals surface area (Å²) in [4.78, 5) is 25.9. The number of hydrogen-bond acceptors (Lipinski definition) is 3. The first-order valence-electron chi connectivity index (χ1n) is 6.98. The van der Waals surface area contributed by atoms with Crippen molar-refractivity contribution in [3.8, 4) is 0 Å². The van der Waals surface area contributed by atoms with Crippen LogP contribution < -0.4 is 11.3 Å². The lowest BCUT2D eigenvalue weighted by atomic mass is 9.99. The zero-order chi connectivity index (χ0) is 14.8. The summed E-state index contributed by atoms with van der Waals surface area (Å²) in [5, 5.41) is 0. The van der Waals surface area contributed by atoms with E-state index >= 15 is 0 Å². The number of amides is 1. The summed E-state index contributed by atoms with van der Waals surface area (Å²) in [6.07, 6.45) is 2.47. The molecule has 108 valence electrons. The molecule has 1 aromatic carbocycles. The Hall–Kier alpha value is -2.56. The number of nitrogens with two attached hydrogens (primary N) is 1. The molecule has 3 rings (SSSR count). The zero-order valence-corrected chi connectivity index (χ0v) is 11.7. The van der Waals surface area contributed by atoms with Crippen LogP contribution in [0.1, 0.15) is 15.9 Å². The van der Waals surface area contributed by atoms with Crippen molar-refractivity contribution in [1.29, 1.82) is 0 Å². The van der Waals surface area contributed by atoms with Gasteiger partial charge in [-0.3, -0.25) is 9.59 Å². The molecule has 1 aliphatic heterocycles. The van der Waals surface area contributed by atoms with Gasteiger partial charge in [-0.15, -0.1) is 0 Å². The number of rotatable bonds is 3. The van der Waals surface area contributed by atoms with Gasteiger partial charge < -0.3 is 15.2 Å². The molecule has 5 heteroatoms. The fourth-order valence-corrected chi connectivity index (χ4v) is 2.64. The van der Waals surface area contributed by atoms with Crippen LogP contribution in [0.2, 0.25) is 0 Å². The number of aromatic nitrogens is 1. The van der Waals surface area contributed by atoms with E-state index in [1.807, 2.05) is 24.3 Å². The maximum Gasteiger partial charge on any atom is 0.254 e. The molecule has 0 spiro atoms. The van der Waals surface area contributed by atoms with Crippen LogP contribution in [-0.2, 0) is 13.0 Å². The summed E-state index contributed by atoms with van der Waals surface area (Å²) >= 11 is 0. The summed E-state index contributed by atoms with van der Waals surface area (Å²) < 4.78 is 1.54. The number of benzene rings is 1. The largest absolute Gasteiger partial charge is 0.398 e. The van der Waals surface area contributed by atoms with E-state index < -0.39 is 0 Å². The quantitative estimate of drug-likeness (QED) is 0.918. The lowest BCUT2D eigenvalue weighted by Crippen LogP contribution is -2.40. The van der Waals surface area contributed by atoms with Crippen LogP contribution in [-0.4, -0.2) is 28.5 Å². The van der Waals surface area contributed by atoms with Crippen LogP contribution in [0.15, 0.2) is 47.4 Å². The maximum absolute atomic E-state index is 12.4. The number of nitrogens with zero attached hydrogens (tertiary/aromatic N) is 2. The molecule has 0 aliphatic carbocycles. The molecular weight excluding hydrogens is 266 g/mol. The van der Waals surface area contributed by atoms with Crippen molar-refractivity contribution in [2.45, 2.75) is 13.0 Å². The van der Waals surface area contributed by atoms with E-state index in [9.17, 15) is 9.59 Å². The number of carbonyl (C=O) groups excluding carboxylic acids is 1. The topological polar surface area (TPSA) is 68.3 Å². The van der Waals surface area contributed by atoms with Crippen LogP contribution in [0.25, 0.3) is 0 Å². The van der Waals surface area contributed by atoms with Crippen molar-refractivity contribution >= 4 is 11.6 Å². The van der Waals surface area contributed by atoms with Crippen LogP contribution >= 0.6 is 0 Å². The van der Waals surface area contributed by atoms with Gasteiger partial charge in [0, 0.05) is 43.1 Å². The maximum atomic E-state index is 12.4. The van der Waals surface area contributed by atoms with Crippen molar-refractivity contribution in [1.82, 2.24) is 9.47 Å². The van der Waals surface area contributed by atoms with Crippen molar-refractivity contribution in [3.05, 3.63) is 64.1 Å². The first kappa shape index (κ1) is 13.4. The van der Waals surface area contributed by atoms with Crippen LogP contribution in [0.3, 0.4) is 0 Å². The number of carbonyl (C=O) groups is 1. The highest BCUT2D eigenvalue weighted by Crippen LogP contribution is 2.18. The summed E-state index contributed by atoms with van der Waals surface area (Å²) in [6, 6.07) is 10.7. The highest BCUT2D eigenvalue weighted by atomic mass is 16.2. The molecule has 0 bridgehead atoms. The fraction of sp³-hybridized carbons (Fsp3) is 0.250. The first-order valence-corrected chi connectivity index (χ1v) is 6.98. The number of pyridine rings is 1. The molecule has 0 atom stereocenters. The Labute approximate surface area is 122 Å². The second-order valence-corrected chi connectivity index (χ2v) is 5.19. The van der Waals surface area contributed by atoms with Gasteiger partial charge in [0.1, 0.15) is 0 Å². The van der Waals surface area contributed by atoms with Gasteiger partial charge in [0.05, 0.1) is 0 Å².